The number of aliphatic imine (C=N–C) groups is 1. The zero-order valence-corrected chi connectivity index (χ0v) is 6.94. The molecule has 0 fully saturated rings. The molecule has 2 rings (SSSR count). The van der Waals surface area contributed by atoms with Gasteiger partial charge in [-0.15, -0.1) is 0 Å². The summed E-state index contributed by atoms with van der Waals surface area (Å²) in [6, 6.07) is 7.86. The molecule has 4 nitrogen and oxygen atoms in total. The van der Waals surface area contributed by atoms with Crippen molar-refractivity contribution in [3.8, 4) is 6.19 Å². The van der Waals surface area contributed by atoms with Gasteiger partial charge < -0.3 is 0 Å². The van der Waals surface area contributed by atoms with Crippen molar-refractivity contribution in [3.63, 3.8) is 0 Å². The quantitative estimate of drug-likeness (QED) is 0.510. The average Bonchev–Trinajstić information content (AvgIpc) is 2.18. The monoisotopic (exact) mass is 172 g/mol. The molecule has 0 atom stereocenters. The van der Waals surface area contributed by atoms with E-state index < -0.39 is 0 Å². The highest BCUT2D eigenvalue weighted by molar-refractivity contribution is 5.66. The fraction of sp³-hybridized carbons (Fsp3) is 0.111. The number of hydrogen-bond acceptors (Lipinski definition) is 4. The fourth-order valence-electron chi connectivity index (χ4n) is 1.26. The number of hydrazine groups is 1. The summed E-state index contributed by atoms with van der Waals surface area (Å²) >= 11 is 0. The molecule has 1 N–H and O–H groups in total. The van der Waals surface area contributed by atoms with Crippen molar-refractivity contribution >= 4 is 12.0 Å². The Kier molecular flexibility index (Phi) is 1.85. The lowest BCUT2D eigenvalue weighted by Crippen LogP contribution is -2.34. The Hall–Kier alpha value is -2.02. The minimum Gasteiger partial charge on any atom is -0.264 e. The Balaban J connectivity index is 2.25. The number of para-hydroxylation sites is 1. The van der Waals surface area contributed by atoms with Crippen LogP contribution in [0.3, 0.4) is 0 Å². The molecule has 0 amide bonds. The predicted octanol–water partition coefficient (Wildman–Crippen LogP) is 1.15. The van der Waals surface area contributed by atoms with Gasteiger partial charge >= 0.3 is 0 Å². The first kappa shape index (κ1) is 7.62. The van der Waals surface area contributed by atoms with Crippen LogP contribution in [0.15, 0.2) is 29.3 Å². The van der Waals surface area contributed by atoms with Crippen molar-refractivity contribution in [2.24, 2.45) is 4.99 Å². The zero-order chi connectivity index (χ0) is 9.10. The fourth-order valence-corrected chi connectivity index (χ4v) is 1.26. The highest BCUT2D eigenvalue weighted by Crippen LogP contribution is 2.22. The van der Waals surface area contributed by atoms with Crippen molar-refractivity contribution in [1.82, 2.24) is 10.4 Å². The van der Waals surface area contributed by atoms with Gasteiger partial charge in [0.05, 0.1) is 12.2 Å². The van der Waals surface area contributed by atoms with E-state index in [4.69, 9.17) is 5.26 Å². The molecule has 64 valence electrons. The van der Waals surface area contributed by atoms with Crippen LogP contribution in [0.5, 0.6) is 0 Å². The minimum atomic E-state index is 0.674. The first-order valence-electron chi connectivity index (χ1n) is 3.93. The van der Waals surface area contributed by atoms with E-state index in [0.717, 1.165) is 11.3 Å². The van der Waals surface area contributed by atoms with Gasteiger partial charge in [0.15, 0.2) is 6.19 Å². The van der Waals surface area contributed by atoms with Crippen molar-refractivity contribution in [1.29, 1.82) is 5.26 Å². The Morgan fingerprint density at radius 2 is 2.31 bits per heavy atom. The van der Waals surface area contributed by atoms with Crippen molar-refractivity contribution < 1.29 is 0 Å². The molecule has 1 aliphatic heterocycles. The van der Waals surface area contributed by atoms with Crippen molar-refractivity contribution in [3.05, 3.63) is 29.8 Å². The molecule has 1 heterocycles. The number of hydrogen-bond donors (Lipinski definition) is 1. The number of nitrogens with one attached hydrogen (secondary N) is 1. The highest BCUT2D eigenvalue weighted by atomic mass is 15.5. The van der Waals surface area contributed by atoms with Crippen LogP contribution in [0.2, 0.25) is 0 Å². The summed E-state index contributed by atoms with van der Waals surface area (Å²) in [5.41, 5.74) is 4.60. The van der Waals surface area contributed by atoms with Gasteiger partial charge in [0.2, 0.25) is 0 Å². The number of nitriles is 1. The lowest BCUT2D eigenvalue weighted by atomic mass is 10.1. The average molecular weight is 172 g/mol. The summed E-state index contributed by atoms with van der Waals surface area (Å²) < 4.78 is 0. The molecule has 13 heavy (non-hydrogen) atoms. The molecule has 0 bridgehead atoms. The molecule has 1 aromatic rings. The Morgan fingerprint density at radius 1 is 1.46 bits per heavy atom. The van der Waals surface area contributed by atoms with Crippen molar-refractivity contribution in [2.75, 3.05) is 0 Å². The van der Waals surface area contributed by atoms with Gasteiger partial charge in [0.25, 0.3) is 0 Å². The van der Waals surface area contributed by atoms with Crippen LogP contribution in [0.4, 0.5) is 5.69 Å². The molecule has 0 spiro atoms. The number of benzene rings is 1. The second kappa shape index (κ2) is 3.15. The van der Waals surface area contributed by atoms with Crippen LogP contribution in [0.25, 0.3) is 0 Å². The first-order chi connectivity index (χ1) is 6.40. The van der Waals surface area contributed by atoms with Crippen LogP contribution < -0.4 is 5.43 Å². The van der Waals surface area contributed by atoms with Crippen LogP contribution >= 0.6 is 0 Å². The zero-order valence-electron chi connectivity index (χ0n) is 6.94. The molecule has 0 saturated heterocycles. The predicted molar refractivity (Wildman–Crippen MR) is 48.9 cm³/mol. The van der Waals surface area contributed by atoms with Gasteiger partial charge in [0, 0.05) is 0 Å². The lowest BCUT2D eigenvalue weighted by Gasteiger charge is -2.21. The topological polar surface area (TPSA) is 51.4 Å². The van der Waals surface area contributed by atoms with Gasteiger partial charge in [-0.1, -0.05) is 18.2 Å². The van der Waals surface area contributed by atoms with Gasteiger partial charge in [-0.25, -0.2) is 10.4 Å². The standard InChI is InChI=1S/C9H8N4/c10-6-12-13-5-8-3-1-2-4-9(8)11-7-13/h1-4,7,12H,5H2. The van der Waals surface area contributed by atoms with Crippen LogP contribution in [-0.4, -0.2) is 11.3 Å². The van der Waals surface area contributed by atoms with Crippen molar-refractivity contribution in [2.45, 2.75) is 6.54 Å². The molecular formula is C9H8N4. The number of rotatable bonds is 1. The maximum Gasteiger partial charge on any atom is 0.197 e. The maximum atomic E-state index is 8.40. The second-order valence-electron chi connectivity index (χ2n) is 2.72. The summed E-state index contributed by atoms with van der Waals surface area (Å²) in [5.74, 6) is 0. The minimum absolute atomic E-state index is 0.674. The summed E-state index contributed by atoms with van der Waals surface area (Å²) in [7, 11) is 0. The van der Waals surface area contributed by atoms with Crippen LogP contribution in [0, 0.1) is 11.5 Å². The summed E-state index contributed by atoms with van der Waals surface area (Å²) in [5, 5.41) is 10.0. The second-order valence-corrected chi connectivity index (χ2v) is 2.72. The smallest absolute Gasteiger partial charge is 0.197 e. The largest absolute Gasteiger partial charge is 0.264 e. The summed E-state index contributed by atoms with van der Waals surface area (Å²) in [6.45, 7) is 0.674. The molecule has 0 saturated carbocycles. The SMILES string of the molecule is N#CNN1C=Nc2ccccc2C1. The van der Waals surface area contributed by atoms with E-state index >= 15 is 0 Å². The molecule has 4 heteroatoms. The van der Waals surface area contributed by atoms with Crippen LogP contribution in [-0.2, 0) is 6.54 Å². The maximum absolute atomic E-state index is 8.40. The number of fused-ring (bicyclic) bond motifs is 1. The molecule has 0 aromatic heterocycles. The van der Waals surface area contributed by atoms with E-state index in [1.165, 1.54) is 0 Å². The molecule has 1 aromatic carbocycles. The first-order valence-corrected chi connectivity index (χ1v) is 3.93. The van der Waals surface area contributed by atoms with Crippen LogP contribution in [0.1, 0.15) is 5.56 Å². The van der Waals surface area contributed by atoms with Gasteiger partial charge in [-0.3, -0.25) is 5.01 Å². The third kappa shape index (κ3) is 1.44. The summed E-state index contributed by atoms with van der Waals surface area (Å²) in [6.07, 6.45) is 3.47. The van der Waals surface area contributed by atoms with E-state index in [9.17, 15) is 0 Å². The van der Waals surface area contributed by atoms with Gasteiger partial charge in [-0.05, 0) is 11.6 Å². The lowest BCUT2D eigenvalue weighted by molar-refractivity contribution is 0.365. The number of nitrogens with zero attached hydrogens (tertiary/aromatic N) is 3. The van der Waals surface area contributed by atoms with E-state index in [0.29, 0.717) is 6.54 Å². The van der Waals surface area contributed by atoms with E-state index in [2.05, 4.69) is 10.4 Å². The summed E-state index contributed by atoms with van der Waals surface area (Å²) in [4.78, 5) is 4.18. The van der Waals surface area contributed by atoms with Gasteiger partial charge in [0.1, 0.15) is 6.34 Å². The van der Waals surface area contributed by atoms with Gasteiger partial charge in [-0.2, -0.15) is 5.26 Å². The molecule has 0 radical (unpaired) electrons. The molecule has 0 aliphatic carbocycles. The molecular weight excluding hydrogens is 164 g/mol. The Bertz CT molecular complexity index is 377. The third-order valence-electron chi connectivity index (χ3n) is 1.86. The molecule has 1 aliphatic rings. The molecule has 0 unspecified atom stereocenters. The normalized spacial score (nSPS) is 13.3. The Labute approximate surface area is 76.1 Å². The van der Waals surface area contributed by atoms with E-state index in [1.807, 2.05) is 30.5 Å². The third-order valence-corrected chi connectivity index (χ3v) is 1.86. The Morgan fingerprint density at radius 3 is 3.15 bits per heavy atom. The van der Waals surface area contributed by atoms with E-state index in [1.54, 1.807) is 11.3 Å². The van der Waals surface area contributed by atoms with E-state index in [-0.39, 0.29) is 0 Å². The highest BCUT2D eigenvalue weighted by Gasteiger charge is 2.09.